The van der Waals surface area contributed by atoms with Gasteiger partial charge in [0.15, 0.2) is 0 Å². The number of nitrogens with two attached hydrogens (primary N) is 1. The first-order valence-electron chi connectivity index (χ1n) is 4.63. The van der Waals surface area contributed by atoms with Crippen LogP contribution in [0.1, 0.15) is 22.2 Å². The fraction of sp³-hybridized carbons (Fsp3) is 0.600. The third-order valence-corrected chi connectivity index (χ3v) is 3.35. The maximum Gasteiger partial charge on any atom is 0.0302 e. The Hall–Kier alpha value is -0.380. The molecule has 3 N–H and O–H groups in total. The molecule has 0 saturated carbocycles. The Morgan fingerprint density at radius 1 is 1.54 bits per heavy atom. The largest absolute Gasteiger partial charge is 0.329 e. The van der Waals surface area contributed by atoms with Gasteiger partial charge in [-0.2, -0.15) is 0 Å². The van der Waals surface area contributed by atoms with Gasteiger partial charge in [0.05, 0.1) is 0 Å². The molecule has 74 valence electrons. The molecule has 0 bridgehead atoms. The SMILES string of the molecule is Cc1cc(CN[C@H](C)CN)sc1C. The third-order valence-electron chi connectivity index (χ3n) is 2.20. The zero-order valence-electron chi connectivity index (χ0n) is 8.55. The van der Waals surface area contributed by atoms with Gasteiger partial charge in [0, 0.05) is 28.9 Å². The number of hydrogen-bond acceptors (Lipinski definition) is 3. The van der Waals surface area contributed by atoms with Crippen molar-refractivity contribution in [2.75, 3.05) is 6.54 Å². The van der Waals surface area contributed by atoms with Crippen molar-refractivity contribution in [1.29, 1.82) is 0 Å². The van der Waals surface area contributed by atoms with E-state index in [9.17, 15) is 0 Å². The number of aryl methyl sites for hydroxylation is 2. The van der Waals surface area contributed by atoms with Crippen LogP contribution < -0.4 is 11.1 Å². The molecule has 0 radical (unpaired) electrons. The lowest BCUT2D eigenvalue weighted by Crippen LogP contribution is -2.32. The van der Waals surface area contributed by atoms with Gasteiger partial charge < -0.3 is 11.1 Å². The van der Waals surface area contributed by atoms with E-state index in [0.29, 0.717) is 12.6 Å². The molecule has 0 aliphatic heterocycles. The molecule has 0 amide bonds. The van der Waals surface area contributed by atoms with Crippen molar-refractivity contribution in [2.24, 2.45) is 5.73 Å². The summed E-state index contributed by atoms with van der Waals surface area (Å²) in [6.07, 6.45) is 0. The summed E-state index contributed by atoms with van der Waals surface area (Å²) in [5.74, 6) is 0. The lowest BCUT2D eigenvalue weighted by atomic mass is 10.3. The number of nitrogens with one attached hydrogen (secondary N) is 1. The Morgan fingerprint density at radius 2 is 2.23 bits per heavy atom. The molecule has 0 unspecified atom stereocenters. The highest BCUT2D eigenvalue weighted by Crippen LogP contribution is 2.20. The normalized spacial score (nSPS) is 13.2. The molecule has 2 nitrogen and oxygen atoms in total. The standard InChI is InChI=1S/C10H18N2S/c1-7-4-10(13-9(7)3)6-12-8(2)5-11/h4,8,12H,5-6,11H2,1-3H3/t8-/m1/s1. The topological polar surface area (TPSA) is 38.0 Å². The predicted molar refractivity (Wildman–Crippen MR) is 59.1 cm³/mol. The van der Waals surface area contributed by atoms with E-state index in [-0.39, 0.29) is 0 Å². The lowest BCUT2D eigenvalue weighted by molar-refractivity contribution is 0.560. The van der Waals surface area contributed by atoms with Gasteiger partial charge in [-0.1, -0.05) is 0 Å². The second-order valence-corrected chi connectivity index (χ2v) is 4.81. The fourth-order valence-corrected chi connectivity index (χ4v) is 2.10. The van der Waals surface area contributed by atoms with Crippen LogP contribution >= 0.6 is 11.3 Å². The summed E-state index contributed by atoms with van der Waals surface area (Å²) >= 11 is 1.86. The van der Waals surface area contributed by atoms with Gasteiger partial charge in [-0.15, -0.1) is 11.3 Å². The third kappa shape index (κ3) is 3.10. The molecule has 0 aromatic carbocycles. The predicted octanol–water partition coefficient (Wildman–Crippen LogP) is 1.80. The van der Waals surface area contributed by atoms with Crippen molar-refractivity contribution in [3.05, 3.63) is 21.4 Å². The van der Waals surface area contributed by atoms with E-state index in [2.05, 4.69) is 32.2 Å². The Labute approximate surface area is 84.2 Å². The molecule has 1 aromatic rings. The summed E-state index contributed by atoms with van der Waals surface area (Å²) in [5, 5.41) is 3.37. The molecule has 1 heterocycles. The van der Waals surface area contributed by atoms with Gasteiger partial charge >= 0.3 is 0 Å². The van der Waals surface area contributed by atoms with Gasteiger partial charge in [0.1, 0.15) is 0 Å². The molecule has 0 fully saturated rings. The number of hydrogen-bond donors (Lipinski definition) is 2. The minimum Gasteiger partial charge on any atom is -0.329 e. The quantitative estimate of drug-likeness (QED) is 0.774. The van der Waals surface area contributed by atoms with Crippen molar-refractivity contribution in [1.82, 2.24) is 5.32 Å². The summed E-state index contributed by atoms with van der Waals surface area (Å²) in [5.41, 5.74) is 6.90. The first kappa shape index (κ1) is 10.7. The van der Waals surface area contributed by atoms with E-state index in [1.165, 1.54) is 15.3 Å². The van der Waals surface area contributed by atoms with Crippen LogP contribution in [0.4, 0.5) is 0 Å². The zero-order chi connectivity index (χ0) is 9.84. The molecule has 0 saturated heterocycles. The van der Waals surface area contributed by atoms with Crippen molar-refractivity contribution in [3.8, 4) is 0 Å². The van der Waals surface area contributed by atoms with Crippen molar-refractivity contribution in [2.45, 2.75) is 33.4 Å². The molecular formula is C10H18N2S. The fourth-order valence-electron chi connectivity index (χ4n) is 1.09. The van der Waals surface area contributed by atoms with E-state index >= 15 is 0 Å². The molecule has 13 heavy (non-hydrogen) atoms. The van der Waals surface area contributed by atoms with E-state index in [4.69, 9.17) is 5.73 Å². The molecule has 1 atom stereocenters. The summed E-state index contributed by atoms with van der Waals surface area (Å²) in [4.78, 5) is 2.81. The highest BCUT2D eigenvalue weighted by Gasteiger charge is 2.02. The average Bonchev–Trinajstić information content (AvgIpc) is 2.42. The molecular weight excluding hydrogens is 180 g/mol. The first-order valence-corrected chi connectivity index (χ1v) is 5.44. The first-order chi connectivity index (χ1) is 6.13. The van der Waals surface area contributed by atoms with Crippen LogP contribution in [-0.4, -0.2) is 12.6 Å². The van der Waals surface area contributed by atoms with Gasteiger partial charge in [-0.05, 0) is 32.4 Å². The maximum atomic E-state index is 5.51. The molecule has 1 rings (SSSR count). The Morgan fingerprint density at radius 3 is 2.69 bits per heavy atom. The van der Waals surface area contributed by atoms with Crippen LogP contribution in [0, 0.1) is 13.8 Å². The molecule has 0 aliphatic rings. The van der Waals surface area contributed by atoms with Crippen LogP contribution in [-0.2, 0) is 6.54 Å². The van der Waals surface area contributed by atoms with E-state index in [0.717, 1.165) is 6.54 Å². The summed E-state index contributed by atoms with van der Waals surface area (Å²) in [6.45, 7) is 8.06. The van der Waals surface area contributed by atoms with Crippen molar-refractivity contribution in [3.63, 3.8) is 0 Å². The second-order valence-electron chi connectivity index (χ2n) is 3.47. The van der Waals surface area contributed by atoms with Gasteiger partial charge in [-0.25, -0.2) is 0 Å². The van der Waals surface area contributed by atoms with Gasteiger partial charge in [-0.3, -0.25) is 0 Å². The Kier molecular flexibility index (Phi) is 3.90. The summed E-state index contributed by atoms with van der Waals surface area (Å²) in [7, 11) is 0. The minimum absolute atomic E-state index is 0.405. The van der Waals surface area contributed by atoms with Crippen LogP contribution in [0.5, 0.6) is 0 Å². The summed E-state index contributed by atoms with van der Waals surface area (Å²) < 4.78 is 0. The van der Waals surface area contributed by atoms with Gasteiger partial charge in [0.25, 0.3) is 0 Å². The van der Waals surface area contributed by atoms with E-state index in [1.807, 2.05) is 11.3 Å². The van der Waals surface area contributed by atoms with Crippen molar-refractivity contribution < 1.29 is 0 Å². The highest BCUT2D eigenvalue weighted by molar-refractivity contribution is 7.12. The molecule has 0 spiro atoms. The van der Waals surface area contributed by atoms with Crippen LogP contribution in [0.3, 0.4) is 0 Å². The number of rotatable bonds is 4. The minimum atomic E-state index is 0.405. The molecule has 1 aromatic heterocycles. The van der Waals surface area contributed by atoms with Gasteiger partial charge in [0.2, 0.25) is 0 Å². The highest BCUT2D eigenvalue weighted by atomic mass is 32.1. The Balaban J connectivity index is 2.45. The monoisotopic (exact) mass is 198 g/mol. The lowest BCUT2D eigenvalue weighted by Gasteiger charge is -2.09. The average molecular weight is 198 g/mol. The molecule has 0 aliphatic carbocycles. The molecule has 3 heteroatoms. The smallest absolute Gasteiger partial charge is 0.0302 e. The number of thiophene rings is 1. The van der Waals surface area contributed by atoms with E-state index < -0.39 is 0 Å². The Bertz CT molecular complexity index is 248. The van der Waals surface area contributed by atoms with Crippen LogP contribution in [0.2, 0.25) is 0 Å². The van der Waals surface area contributed by atoms with Crippen LogP contribution in [0.25, 0.3) is 0 Å². The maximum absolute atomic E-state index is 5.51. The van der Waals surface area contributed by atoms with Crippen molar-refractivity contribution >= 4 is 11.3 Å². The second kappa shape index (κ2) is 4.74. The van der Waals surface area contributed by atoms with Crippen LogP contribution in [0.15, 0.2) is 6.07 Å². The van der Waals surface area contributed by atoms with E-state index in [1.54, 1.807) is 0 Å². The summed E-state index contributed by atoms with van der Waals surface area (Å²) in [6, 6.07) is 2.65. The zero-order valence-corrected chi connectivity index (χ0v) is 9.37.